The van der Waals surface area contributed by atoms with Gasteiger partial charge in [0.2, 0.25) is 0 Å². The molecule has 2 aromatic carbocycles. The van der Waals surface area contributed by atoms with Gasteiger partial charge in [-0.1, -0.05) is 191 Å². The molecule has 0 aliphatic rings. The molecule has 40 heavy (non-hydrogen) atoms. The zero-order chi connectivity index (χ0) is 28.7. The topological polar surface area (TPSA) is 0 Å². The summed E-state index contributed by atoms with van der Waals surface area (Å²) in [5.41, 5.74) is 6.39. The molecule has 2 aromatic rings. The Labute approximate surface area is 250 Å². The fourth-order valence-corrected chi connectivity index (χ4v) is 6.59. The number of benzene rings is 2. The molecule has 0 fully saturated rings. The highest BCUT2D eigenvalue weighted by Crippen LogP contribution is 2.44. The first kappa shape index (κ1) is 34.4. The minimum atomic E-state index is 0.653. The van der Waals surface area contributed by atoms with Crippen molar-refractivity contribution in [2.24, 2.45) is 11.8 Å². The maximum Gasteiger partial charge on any atom is -0.0153 e. The molecule has 0 aliphatic heterocycles. The highest BCUT2D eigenvalue weighted by molar-refractivity contribution is 5.92. The molecular formula is C40H64. The Hall–Kier alpha value is -1.82. The van der Waals surface area contributed by atoms with E-state index in [1.165, 1.54) is 140 Å². The molecule has 0 saturated carbocycles. The molecule has 0 radical (unpaired) electrons. The highest BCUT2D eigenvalue weighted by atomic mass is 14.3. The van der Waals surface area contributed by atoms with Gasteiger partial charge >= 0.3 is 0 Å². The zero-order valence-corrected chi connectivity index (χ0v) is 27.1. The number of unbranched alkanes of at least 4 members (excludes halogenated alkanes) is 12. The van der Waals surface area contributed by atoms with Crippen LogP contribution in [0.5, 0.6) is 0 Å². The van der Waals surface area contributed by atoms with Crippen LogP contribution in [-0.2, 0) is 0 Å². The summed E-state index contributed by atoms with van der Waals surface area (Å²) in [7, 11) is 0. The lowest BCUT2D eigenvalue weighted by Gasteiger charge is -2.30. The molecule has 0 heterocycles. The third kappa shape index (κ3) is 13.2. The Kier molecular flexibility index (Phi) is 19.6. The van der Waals surface area contributed by atoms with Crippen molar-refractivity contribution in [1.82, 2.24) is 0 Å². The first-order chi connectivity index (χ1) is 19.8. The average Bonchev–Trinajstić information content (AvgIpc) is 2.99. The summed E-state index contributed by atoms with van der Waals surface area (Å²) in [5, 5.41) is 0. The number of hydrogen-bond acceptors (Lipinski definition) is 0. The first-order valence-electron chi connectivity index (χ1n) is 17.6. The smallest absolute Gasteiger partial charge is 0.0153 e. The molecule has 0 spiro atoms. The van der Waals surface area contributed by atoms with E-state index in [0.717, 1.165) is 0 Å². The van der Waals surface area contributed by atoms with Crippen molar-refractivity contribution in [3.63, 3.8) is 0 Å². The fourth-order valence-electron chi connectivity index (χ4n) is 6.59. The summed E-state index contributed by atoms with van der Waals surface area (Å²) in [4.78, 5) is 0. The predicted octanol–water partition coefficient (Wildman–Crippen LogP) is 13.7. The normalized spacial score (nSPS) is 12.3. The molecule has 0 aliphatic carbocycles. The van der Waals surface area contributed by atoms with Crippen molar-refractivity contribution in [1.29, 1.82) is 0 Å². The zero-order valence-electron chi connectivity index (χ0n) is 27.1. The quantitative estimate of drug-likeness (QED) is 0.0910. The van der Waals surface area contributed by atoms with E-state index in [2.05, 4.69) is 88.4 Å². The summed E-state index contributed by atoms with van der Waals surface area (Å²) in [5.74, 6) is 1.31. The van der Waals surface area contributed by atoms with E-state index in [1.807, 2.05) is 0 Å². The van der Waals surface area contributed by atoms with Crippen molar-refractivity contribution in [2.45, 2.75) is 156 Å². The van der Waals surface area contributed by atoms with E-state index in [1.54, 1.807) is 11.1 Å². The van der Waals surface area contributed by atoms with Gasteiger partial charge in [0.15, 0.2) is 0 Å². The SMILES string of the molecule is CCCCCCC(CCCCCC)/C(=C(\c1ccccc1)C(CCCCCC)CCCCCC)c1ccccc1. The fraction of sp³-hybridized carbons (Fsp3) is 0.650. The van der Waals surface area contributed by atoms with Gasteiger partial charge in [-0.15, -0.1) is 0 Å². The summed E-state index contributed by atoms with van der Waals surface area (Å²) in [6.45, 7) is 9.36. The molecule has 0 aromatic heterocycles. The van der Waals surface area contributed by atoms with Crippen LogP contribution in [0.15, 0.2) is 60.7 Å². The molecule has 2 rings (SSSR count). The second-order valence-electron chi connectivity index (χ2n) is 12.4. The molecule has 0 atom stereocenters. The third-order valence-corrected chi connectivity index (χ3v) is 8.90. The molecule has 0 unspecified atom stereocenters. The van der Waals surface area contributed by atoms with Crippen LogP contribution < -0.4 is 0 Å². The summed E-state index contributed by atoms with van der Waals surface area (Å²) in [6, 6.07) is 23.2. The van der Waals surface area contributed by atoms with Crippen LogP contribution >= 0.6 is 0 Å². The molecular weight excluding hydrogens is 480 g/mol. The molecule has 0 amide bonds. The molecule has 0 N–H and O–H groups in total. The van der Waals surface area contributed by atoms with E-state index in [9.17, 15) is 0 Å². The van der Waals surface area contributed by atoms with Gasteiger partial charge in [0.1, 0.15) is 0 Å². The van der Waals surface area contributed by atoms with E-state index >= 15 is 0 Å². The maximum absolute atomic E-state index is 2.43. The predicted molar refractivity (Wildman–Crippen MR) is 182 cm³/mol. The Morgan fingerprint density at radius 2 is 0.650 bits per heavy atom. The number of allylic oxidation sites excluding steroid dienone is 2. The van der Waals surface area contributed by atoms with Gasteiger partial charge in [0.05, 0.1) is 0 Å². The van der Waals surface area contributed by atoms with Crippen LogP contribution in [-0.4, -0.2) is 0 Å². The lowest BCUT2D eigenvalue weighted by atomic mass is 9.74. The summed E-state index contributed by atoms with van der Waals surface area (Å²) >= 11 is 0. The standard InChI is InChI=1S/C40H64/c1-5-9-13-19-27-35(28-20-14-10-6-2)39(37-31-23-17-24-32-37)40(38-33-25-18-26-34-38)36(29-21-15-11-7-3)30-22-16-12-8-4/h17-18,23-26,31-36H,5-16,19-22,27-30H2,1-4H3/b40-39+. The van der Waals surface area contributed by atoms with Crippen LogP contribution in [0.25, 0.3) is 11.1 Å². The Balaban J connectivity index is 2.63. The highest BCUT2D eigenvalue weighted by Gasteiger charge is 2.26. The summed E-state index contributed by atoms with van der Waals surface area (Å²) < 4.78 is 0. The van der Waals surface area contributed by atoms with Crippen LogP contribution in [0, 0.1) is 11.8 Å². The van der Waals surface area contributed by atoms with Gasteiger partial charge < -0.3 is 0 Å². The van der Waals surface area contributed by atoms with Crippen LogP contribution in [0.3, 0.4) is 0 Å². The van der Waals surface area contributed by atoms with Crippen molar-refractivity contribution >= 4 is 11.1 Å². The molecule has 0 saturated heterocycles. The van der Waals surface area contributed by atoms with Crippen LogP contribution in [0.2, 0.25) is 0 Å². The number of rotatable bonds is 24. The lowest BCUT2D eigenvalue weighted by Crippen LogP contribution is -2.13. The van der Waals surface area contributed by atoms with Crippen molar-refractivity contribution in [3.05, 3.63) is 71.8 Å². The van der Waals surface area contributed by atoms with Gasteiger partial charge in [-0.3, -0.25) is 0 Å². The molecule has 0 heteroatoms. The van der Waals surface area contributed by atoms with Crippen molar-refractivity contribution in [3.8, 4) is 0 Å². The third-order valence-electron chi connectivity index (χ3n) is 8.90. The summed E-state index contributed by atoms with van der Waals surface area (Å²) in [6.07, 6.45) is 27.1. The van der Waals surface area contributed by atoms with Gasteiger partial charge in [-0.25, -0.2) is 0 Å². The van der Waals surface area contributed by atoms with Gasteiger partial charge in [-0.2, -0.15) is 0 Å². The maximum atomic E-state index is 2.43. The van der Waals surface area contributed by atoms with E-state index in [4.69, 9.17) is 0 Å². The number of hydrogen-bond donors (Lipinski definition) is 0. The van der Waals surface area contributed by atoms with Gasteiger partial charge in [0, 0.05) is 0 Å². The second kappa shape index (κ2) is 22.8. The molecule has 224 valence electrons. The first-order valence-corrected chi connectivity index (χ1v) is 17.6. The van der Waals surface area contributed by atoms with Gasteiger partial charge in [-0.05, 0) is 59.8 Å². The van der Waals surface area contributed by atoms with Crippen molar-refractivity contribution < 1.29 is 0 Å². The Morgan fingerprint density at radius 1 is 0.375 bits per heavy atom. The second-order valence-corrected chi connectivity index (χ2v) is 12.4. The minimum absolute atomic E-state index is 0.653. The average molecular weight is 545 g/mol. The van der Waals surface area contributed by atoms with E-state index < -0.39 is 0 Å². The lowest BCUT2D eigenvalue weighted by molar-refractivity contribution is 0.469. The Bertz CT molecular complexity index is 764. The van der Waals surface area contributed by atoms with Gasteiger partial charge in [0.25, 0.3) is 0 Å². The largest absolute Gasteiger partial charge is 0.0654 e. The molecule has 0 nitrogen and oxygen atoms in total. The Morgan fingerprint density at radius 3 is 0.900 bits per heavy atom. The van der Waals surface area contributed by atoms with E-state index in [-0.39, 0.29) is 0 Å². The molecule has 0 bridgehead atoms. The van der Waals surface area contributed by atoms with Crippen LogP contribution in [0.1, 0.15) is 167 Å². The van der Waals surface area contributed by atoms with Crippen LogP contribution in [0.4, 0.5) is 0 Å². The van der Waals surface area contributed by atoms with Crippen molar-refractivity contribution in [2.75, 3.05) is 0 Å². The minimum Gasteiger partial charge on any atom is -0.0654 e. The van der Waals surface area contributed by atoms with E-state index in [0.29, 0.717) is 11.8 Å². The monoisotopic (exact) mass is 545 g/mol.